The van der Waals surface area contributed by atoms with Gasteiger partial charge in [0.05, 0.1) is 6.26 Å². The Morgan fingerprint density at radius 3 is 2.12 bits per heavy atom. The van der Waals surface area contributed by atoms with Crippen molar-refractivity contribution in [3.05, 3.63) is 109 Å². The van der Waals surface area contributed by atoms with E-state index in [1.807, 2.05) is 84.9 Å². The number of carbonyl (C=O) groups is 1. The first-order chi connectivity index (χ1) is 16.3. The third-order valence-corrected chi connectivity index (χ3v) is 5.03. The number of hydrogen-bond donors (Lipinski definition) is 1. The number of aromatic nitrogens is 4. The van der Waals surface area contributed by atoms with Crippen molar-refractivity contribution in [3.63, 3.8) is 0 Å². The van der Waals surface area contributed by atoms with Gasteiger partial charge in [-0.3, -0.25) is 4.79 Å². The Morgan fingerprint density at radius 1 is 0.788 bits per heavy atom. The number of rotatable bonds is 6. The molecule has 7 heteroatoms. The molecule has 0 saturated carbocycles. The van der Waals surface area contributed by atoms with E-state index in [-0.39, 0.29) is 11.6 Å². The third kappa shape index (κ3) is 4.47. The molecule has 0 bridgehead atoms. The maximum atomic E-state index is 13.3. The molecular formula is C26H19N5O2. The van der Waals surface area contributed by atoms with Crippen molar-refractivity contribution in [2.24, 2.45) is 0 Å². The van der Waals surface area contributed by atoms with Crippen LogP contribution in [0.15, 0.2) is 108 Å². The Hall–Kier alpha value is -4.78. The summed E-state index contributed by atoms with van der Waals surface area (Å²) < 4.78 is 6.84. The minimum Gasteiger partial charge on any atom is -0.465 e. The van der Waals surface area contributed by atoms with Crippen molar-refractivity contribution in [2.75, 3.05) is 5.32 Å². The lowest BCUT2D eigenvalue weighted by Crippen LogP contribution is -2.19. The Morgan fingerprint density at radius 2 is 1.45 bits per heavy atom. The van der Waals surface area contributed by atoms with Gasteiger partial charge in [0, 0.05) is 17.3 Å². The van der Waals surface area contributed by atoms with E-state index >= 15 is 0 Å². The van der Waals surface area contributed by atoms with Gasteiger partial charge in [-0.25, -0.2) is 0 Å². The second kappa shape index (κ2) is 9.15. The van der Waals surface area contributed by atoms with Gasteiger partial charge >= 0.3 is 0 Å². The summed E-state index contributed by atoms with van der Waals surface area (Å²) in [6, 6.07) is 30.7. The average Bonchev–Trinajstić information content (AvgIpc) is 3.56. The van der Waals surface area contributed by atoms with E-state index in [1.54, 1.807) is 24.5 Å². The number of anilines is 1. The summed E-state index contributed by atoms with van der Waals surface area (Å²) in [4.78, 5) is 13.3. The van der Waals surface area contributed by atoms with Crippen LogP contribution in [0, 0.1) is 0 Å². The summed E-state index contributed by atoms with van der Waals surface area (Å²) >= 11 is 0. The van der Waals surface area contributed by atoms with Gasteiger partial charge in [-0.1, -0.05) is 72.8 Å². The fraction of sp³-hybridized carbons (Fsp3) is 0. The maximum absolute atomic E-state index is 13.3. The molecule has 33 heavy (non-hydrogen) atoms. The van der Waals surface area contributed by atoms with Gasteiger partial charge in [-0.15, -0.1) is 5.10 Å². The number of nitrogens with zero attached hydrogens (tertiary/aromatic N) is 4. The van der Waals surface area contributed by atoms with Crippen LogP contribution in [0.5, 0.6) is 0 Å². The first-order valence-corrected chi connectivity index (χ1v) is 10.3. The van der Waals surface area contributed by atoms with Crippen molar-refractivity contribution in [1.29, 1.82) is 0 Å². The topological polar surface area (TPSA) is 85.8 Å². The SMILES string of the molecule is O=C(Nc1ccc(-c2ccccc2)cc1)/C(=C/c1ccco1)n1nnnc1-c1ccccc1. The maximum Gasteiger partial charge on any atom is 0.274 e. The summed E-state index contributed by atoms with van der Waals surface area (Å²) in [5.74, 6) is 0.584. The monoisotopic (exact) mass is 433 g/mol. The average molecular weight is 433 g/mol. The van der Waals surface area contributed by atoms with Crippen molar-refractivity contribution >= 4 is 23.4 Å². The second-order valence-electron chi connectivity index (χ2n) is 7.22. The number of amides is 1. The van der Waals surface area contributed by atoms with Gasteiger partial charge in [0.1, 0.15) is 11.5 Å². The van der Waals surface area contributed by atoms with Gasteiger partial charge in [0.2, 0.25) is 0 Å². The number of benzene rings is 3. The van der Waals surface area contributed by atoms with E-state index in [9.17, 15) is 4.79 Å². The molecule has 1 N–H and O–H groups in total. The normalized spacial score (nSPS) is 11.3. The number of carbonyl (C=O) groups excluding carboxylic acids is 1. The highest BCUT2D eigenvalue weighted by Crippen LogP contribution is 2.24. The van der Waals surface area contributed by atoms with Crippen LogP contribution >= 0.6 is 0 Å². The number of tetrazole rings is 1. The van der Waals surface area contributed by atoms with E-state index in [1.165, 1.54) is 4.68 Å². The first kappa shape index (κ1) is 20.1. The Kier molecular flexibility index (Phi) is 5.59. The summed E-state index contributed by atoms with van der Waals surface area (Å²) in [7, 11) is 0. The highest BCUT2D eigenvalue weighted by atomic mass is 16.3. The van der Waals surface area contributed by atoms with Gasteiger partial charge in [-0.2, -0.15) is 4.68 Å². The van der Waals surface area contributed by atoms with Crippen LogP contribution in [0.1, 0.15) is 5.76 Å². The molecule has 0 aliphatic rings. The molecule has 0 fully saturated rings. The van der Waals surface area contributed by atoms with Crippen LogP contribution in [-0.2, 0) is 4.79 Å². The van der Waals surface area contributed by atoms with Gasteiger partial charge in [-0.05, 0) is 45.8 Å². The Bertz CT molecular complexity index is 1370. The first-order valence-electron chi connectivity index (χ1n) is 10.3. The van der Waals surface area contributed by atoms with E-state index in [4.69, 9.17) is 4.42 Å². The molecule has 0 saturated heterocycles. The number of nitrogens with one attached hydrogen (secondary N) is 1. The molecular weight excluding hydrogens is 414 g/mol. The Labute approximate surface area is 190 Å². The highest BCUT2D eigenvalue weighted by molar-refractivity contribution is 6.24. The van der Waals surface area contributed by atoms with E-state index in [2.05, 4.69) is 20.8 Å². The molecule has 3 aromatic carbocycles. The van der Waals surface area contributed by atoms with E-state index in [0.29, 0.717) is 17.3 Å². The van der Waals surface area contributed by atoms with Crippen LogP contribution in [0.2, 0.25) is 0 Å². The van der Waals surface area contributed by atoms with Gasteiger partial charge in [0.25, 0.3) is 5.91 Å². The quantitative estimate of drug-likeness (QED) is 0.370. The standard InChI is InChI=1S/C26H19N5O2/c32-26(27-22-15-13-20(14-16-22)19-8-3-1-4-9-19)24(18-23-12-7-17-33-23)31-25(28-29-30-31)21-10-5-2-6-11-21/h1-18H,(H,27,32)/b24-18-. The van der Waals surface area contributed by atoms with Crippen LogP contribution in [0.3, 0.4) is 0 Å². The molecule has 2 heterocycles. The van der Waals surface area contributed by atoms with Crippen LogP contribution in [-0.4, -0.2) is 26.1 Å². The van der Waals surface area contributed by atoms with Crippen molar-refractivity contribution in [3.8, 4) is 22.5 Å². The zero-order valence-electron chi connectivity index (χ0n) is 17.5. The smallest absolute Gasteiger partial charge is 0.274 e. The molecule has 0 radical (unpaired) electrons. The summed E-state index contributed by atoms with van der Waals surface area (Å²) in [5.41, 5.74) is 3.83. The molecule has 160 valence electrons. The lowest BCUT2D eigenvalue weighted by Gasteiger charge is -2.11. The largest absolute Gasteiger partial charge is 0.465 e. The minimum absolute atomic E-state index is 0.223. The van der Waals surface area contributed by atoms with Gasteiger partial charge in [0.15, 0.2) is 5.82 Å². The van der Waals surface area contributed by atoms with Crippen LogP contribution in [0.4, 0.5) is 5.69 Å². The molecule has 0 unspecified atom stereocenters. The van der Waals surface area contributed by atoms with Crippen molar-refractivity contribution < 1.29 is 9.21 Å². The number of furan rings is 1. The van der Waals surface area contributed by atoms with Crippen molar-refractivity contribution in [2.45, 2.75) is 0 Å². The number of hydrogen-bond acceptors (Lipinski definition) is 5. The van der Waals surface area contributed by atoms with Crippen molar-refractivity contribution in [1.82, 2.24) is 20.2 Å². The molecule has 0 atom stereocenters. The molecule has 0 aliphatic heterocycles. The lowest BCUT2D eigenvalue weighted by molar-refractivity contribution is -0.111. The molecule has 1 amide bonds. The third-order valence-electron chi connectivity index (χ3n) is 5.03. The van der Waals surface area contributed by atoms with Gasteiger partial charge < -0.3 is 9.73 Å². The molecule has 5 aromatic rings. The molecule has 0 aliphatic carbocycles. The lowest BCUT2D eigenvalue weighted by atomic mass is 10.1. The zero-order valence-corrected chi connectivity index (χ0v) is 17.5. The predicted octanol–water partition coefficient (Wildman–Crippen LogP) is 5.24. The van der Waals surface area contributed by atoms with Crippen LogP contribution < -0.4 is 5.32 Å². The molecule has 7 nitrogen and oxygen atoms in total. The summed E-state index contributed by atoms with van der Waals surface area (Å²) in [5, 5.41) is 14.9. The fourth-order valence-electron chi connectivity index (χ4n) is 3.42. The predicted molar refractivity (Wildman–Crippen MR) is 127 cm³/mol. The van der Waals surface area contributed by atoms with E-state index in [0.717, 1.165) is 16.7 Å². The fourth-order valence-corrected chi connectivity index (χ4v) is 3.42. The van der Waals surface area contributed by atoms with E-state index < -0.39 is 0 Å². The van der Waals surface area contributed by atoms with Crippen LogP contribution in [0.25, 0.3) is 34.3 Å². The summed E-state index contributed by atoms with van der Waals surface area (Å²) in [6.07, 6.45) is 3.15. The molecule has 0 spiro atoms. The summed E-state index contributed by atoms with van der Waals surface area (Å²) in [6.45, 7) is 0. The Balaban J connectivity index is 1.46. The zero-order chi connectivity index (χ0) is 22.5. The highest BCUT2D eigenvalue weighted by Gasteiger charge is 2.20. The molecule has 5 rings (SSSR count). The second-order valence-corrected chi connectivity index (χ2v) is 7.22. The molecule has 2 aromatic heterocycles. The minimum atomic E-state index is -0.372.